The number of nitrogens with zero attached hydrogens (tertiary/aromatic N) is 1. The molecule has 4 nitrogen and oxygen atoms in total. The molecule has 0 saturated carbocycles. The normalized spacial score (nSPS) is 8.93. The molecular formula is C10H9ClN2O2. The predicted molar refractivity (Wildman–Crippen MR) is 57.2 cm³/mol. The Bertz CT molecular complexity index is 435. The second kappa shape index (κ2) is 5.23. The third-order valence-electron chi connectivity index (χ3n) is 1.55. The molecule has 1 aromatic heterocycles. The molecule has 0 amide bonds. The number of carbonyl (C=O) groups excluding carboxylic acids is 1. The zero-order valence-corrected chi connectivity index (χ0v) is 8.84. The lowest BCUT2D eigenvalue weighted by Gasteiger charge is -1.96. The van der Waals surface area contributed by atoms with E-state index in [2.05, 4.69) is 21.6 Å². The Morgan fingerprint density at radius 3 is 3.07 bits per heavy atom. The standard InChI is InChI=1S/C10H9ClN2O2/c1-15-10(14)4-2-3-9-8(12)5-7(11)6-13-9/h5-6H,4,12H2,1H3. The Balaban J connectivity index is 2.76. The average molecular weight is 225 g/mol. The quantitative estimate of drug-likeness (QED) is 0.576. The minimum Gasteiger partial charge on any atom is -0.468 e. The number of methoxy groups -OCH3 is 1. The number of carbonyl (C=O) groups is 1. The van der Waals surface area contributed by atoms with Crippen molar-refractivity contribution in [1.82, 2.24) is 4.98 Å². The van der Waals surface area contributed by atoms with Crippen LogP contribution in [0.5, 0.6) is 0 Å². The second-order valence-electron chi connectivity index (χ2n) is 2.65. The van der Waals surface area contributed by atoms with Gasteiger partial charge in [-0.1, -0.05) is 17.5 Å². The fourth-order valence-electron chi connectivity index (χ4n) is 0.832. The Morgan fingerprint density at radius 1 is 1.73 bits per heavy atom. The number of halogens is 1. The highest BCUT2D eigenvalue weighted by molar-refractivity contribution is 6.30. The third-order valence-corrected chi connectivity index (χ3v) is 1.76. The molecular weight excluding hydrogens is 216 g/mol. The summed E-state index contributed by atoms with van der Waals surface area (Å²) in [5.41, 5.74) is 6.40. The molecule has 1 heterocycles. The number of ether oxygens (including phenoxy) is 1. The molecule has 0 saturated heterocycles. The summed E-state index contributed by atoms with van der Waals surface area (Å²) in [6.45, 7) is 0. The van der Waals surface area contributed by atoms with Gasteiger partial charge in [0.15, 0.2) is 0 Å². The van der Waals surface area contributed by atoms with Gasteiger partial charge in [-0.15, -0.1) is 0 Å². The SMILES string of the molecule is COC(=O)CC#Cc1ncc(Cl)cc1N. The molecule has 0 unspecified atom stereocenters. The lowest BCUT2D eigenvalue weighted by atomic mass is 10.3. The van der Waals surface area contributed by atoms with Crippen molar-refractivity contribution >= 4 is 23.3 Å². The number of aromatic nitrogens is 1. The summed E-state index contributed by atoms with van der Waals surface area (Å²) >= 11 is 5.66. The van der Waals surface area contributed by atoms with E-state index in [0.717, 1.165) is 0 Å². The van der Waals surface area contributed by atoms with Gasteiger partial charge in [0.05, 0.1) is 17.8 Å². The van der Waals surface area contributed by atoms with Crippen LogP contribution in [0, 0.1) is 11.8 Å². The largest absolute Gasteiger partial charge is 0.468 e. The van der Waals surface area contributed by atoms with Gasteiger partial charge in [-0.25, -0.2) is 4.98 Å². The number of pyridine rings is 1. The molecule has 0 atom stereocenters. The Kier molecular flexibility index (Phi) is 3.95. The number of nitrogen functional groups attached to an aromatic ring is 1. The van der Waals surface area contributed by atoms with Gasteiger partial charge in [0, 0.05) is 6.20 Å². The van der Waals surface area contributed by atoms with Crippen LogP contribution in [0.15, 0.2) is 12.3 Å². The van der Waals surface area contributed by atoms with E-state index in [-0.39, 0.29) is 6.42 Å². The number of nitrogens with two attached hydrogens (primary N) is 1. The van der Waals surface area contributed by atoms with Crippen molar-refractivity contribution in [1.29, 1.82) is 0 Å². The highest BCUT2D eigenvalue weighted by atomic mass is 35.5. The van der Waals surface area contributed by atoms with Crippen LogP contribution in [0.4, 0.5) is 5.69 Å². The van der Waals surface area contributed by atoms with Gasteiger partial charge in [0.2, 0.25) is 0 Å². The number of rotatable bonds is 1. The second-order valence-corrected chi connectivity index (χ2v) is 3.08. The summed E-state index contributed by atoms with van der Waals surface area (Å²) in [7, 11) is 1.30. The number of hydrogen-bond donors (Lipinski definition) is 1. The zero-order chi connectivity index (χ0) is 11.3. The summed E-state index contributed by atoms with van der Waals surface area (Å²) in [6, 6.07) is 1.55. The molecule has 78 valence electrons. The molecule has 5 heteroatoms. The van der Waals surface area contributed by atoms with Crippen LogP contribution in [0.3, 0.4) is 0 Å². The molecule has 0 aliphatic rings. The first kappa shape index (κ1) is 11.3. The van der Waals surface area contributed by atoms with Gasteiger partial charge in [0.25, 0.3) is 0 Å². The molecule has 0 bridgehead atoms. The fourth-order valence-corrected chi connectivity index (χ4v) is 0.998. The van der Waals surface area contributed by atoms with Crippen LogP contribution in [0.2, 0.25) is 5.02 Å². The lowest BCUT2D eigenvalue weighted by molar-refractivity contribution is -0.139. The highest BCUT2D eigenvalue weighted by Crippen LogP contribution is 2.13. The van der Waals surface area contributed by atoms with E-state index in [1.165, 1.54) is 13.3 Å². The molecule has 0 spiro atoms. The number of esters is 1. The smallest absolute Gasteiger partial charge is 0.317 e. The number of anilines is 1. The summed E-state index contributed by atoms with van der Waals surface area (Å²) in [5, 5.41) is 0.450. The lowest BCUT2D eigenvalue weighted by Crippen LogP contribution is -1.98. The molecule has 0 aliphatic carbocycles. The molecule has 0 radical (unpaired) electrons. The maximum absolute atomic E-state index is 10.7. The molecule has 1 rings (SSSR count). The maximum atomic E-state index is 10.7. The molecule has 0 fully saturated rings. The summed E-state index contributed by atoms with van der Waals surface area (Å²) in [6.07, 6.45) is 1.46. The van der Waals surface area contributed by atoms with E-state index in [1.54, 1.807) is 6.07 Å². The van der Waals surface area contributed by atoms with Crippen LogP contribution in [-0.4, -0.2) is 18.1 Å². The Morgan fingerprint density at radius 2 is 2.47 bits per heavy atom. The first-order valence-corrected chi connectivity index (χ1v) is 4.48. The van der Waals surface area contributed by atoms with Crippen molar-refractivity contribution < 1.29 is 9.53 Å². The van der Waals surface area contributed by atoms with Crippen molar-refractivity contribution in [3.8, 4) is 11.8 Å². The third kappa shape index (κ3) is 3.49. The molecule has 0 aliphatic heterocycles. The van der Waals surface area contributed by atoms with Crippen LogP contribution in [0.1, 0.15) is 12.1 Å². The topological polar surface area (TPSA) is 65.2 Å². The van der Waals surface area contributed by atoms with Gasteiger partial charge in [-0.2, -0.15) is 0 Å². The van der Waals surface area contributed by atoms with E-state index in [9.17, 15) is 4.79 Å². The van der Waals surface area contributed by atoms with Gasteiger partial charge in [-0.3, -0.25) is 4.79 Å². The van der Waals surface area contributed by atoms with Crippen molar-refractivity contribution in [3.63, 3.8) is 0 Å². The first-order valence-electron chi connectivity index (χ1n) is 4.10. The number of hydrogen-bond acceptors (Lipinski definition) is 4. The van der Waals surface area contributed by atoms with Crippen LogP contribution < -0.4 is 5.73 Å². The Labute approximate surface area is 92.4 Å². The monoisotopic (exact) mass is 224 g/mol. The predicted octanol–water partition coefficient (Wildman–Crippen LogP) is 1.23. The van der Waals surface area contributed by atoms with Gasteiger partial charge in [0.1, 0.15) is 12.1 Å². The van der Waals surface area contributed by atoms with E-state index in [0.29, 0.717) is 16.4 Å². The van der Waals surface area contributed by atoms with Crippen molar-refractivity contribution in [2.24, 2.45) is 0 Å². The van der Waals surface area contributed by atoms with Crippen molar-refractivity contribution in [2.45, 2.75) is 6.42 Å². The fraction of sp³-hybridized carbons (Fsp3) is 0.200. The van der Waals surface area contributed by atoms with E-state index < -0.39 is 5.97 Å². The average Bonchev–Trinajstić information content (AvgIpc) is 2.21. The minimum atomic E-state index is -0.393. The van der Waals surface area contributed by atoms with E-state index in [1.807, 2.05) is 0 Å². The van der Waals surface area contributed by atoms with Crippen molar-refractivity contribution in [2.75, 3.05) is 12.8 Å². The zero-order valence-electron chi connectivity index (χ0n) is 8.08. The van der Waals surface area contributed by atoms with Gasteiger partial charge >= 0.3 is 5.97 Å². The van der Waals surface area contributed by atoms with Gasteiger partial charge in [-0.05, 0) is 12.0 Å². The maximum Gasteiger partial charge on any atom is 0.317 e. The van der Waals surface area contributed by atoms with E-state index in [4.69, 9.17) is 17.3 Å². The van der Waals surface area contributed by atoms with E-state index >= 15 is 0 Å². The molecule has 2 N–H and O–H groups in total. The summed E-state index contributed by atoms with van der Waals surface area (Å²) in [5.74, 6) is 4.87. The Hall–Kier alpha value is -1.73. The molecule has 15 heavy (non-hydrogen) atoms. The van der Waals surface area contributed by atoms with Crippen LogP contribution in [0.25, 0.3) is 0 Å². The first-order chi connectivity index (χ1) is 7.13. The van der Waals surface area contributed by atoms with Crippen LogP contribution >= 0.6 is 11.6 Å². The molecule has 1 aromatic rings. The highest BCUT2D eigenvalue weighted by Gasteiger charge is 1.98. The van der Waals surface area contributed by atoms with Gasteiger partial charge < -0.3 is 10.5 Å². The molecule has 0 aromatic carbocycles. The summed E-state index contributed by atoms with van der Waals surface area (Å²) in [4.78, 5) is 14.7. The minimum absolute atomic E-state index is 0.0141. The summed E-state index contributed by atoms with van der Waals surface area (Å²) < 4.78 is 4.42. The van der Waals surface area contributed by atoms with Crippen molar-refractivity contribution in [3.05, 3.63) is 23.0 Å². The van der Waals surface area contributed by atoms with Crippen LogP contribution in [-0.2, 0) is 9.53 Å².